The predicted octanol–water partition coefficient (Wildman–Crippen LogP) is 5.72. The normalized spacial score (nSPS) is 22.1. The van der Waals surface area contributed by atoms with E-state index in [9.17, 15) is 9.59 Å². The molecule has 7 nitrogen and oxygen atoms in total. The summed E-state index contributed by atoms with van der Waals surface area (Å²) in [4.78, 5) is 31.1. The lowest BCUT2D eigenvalue weighted by molar-refractivity contribution is -0.125. The molecule has 0 unspecified atom stereocenters. The summed E-state index contributed by atoms with van der Waals surface area (Å²) >= 11 is 7.54. The molecule has 3 fully saturated rings. The molecule has 0 bridgehead atoms. The molecule has 40 heavy (non-hydrogen) atoms. The molecule has 0 radical (unpaired) electrons. The number of benzene rings is 1. The fourth-order valence-corrected chi connectivity index (χ4v) is 7.44. The Balaban J connectivity index is 1.33. The van der Waals surface area contributed by atoms with Gasteiger partial charge in [-0.2, -0.15) is 0 Å². The Morgan fingerprint density at radius 1 is 1.07 bits per heavy atom. The van der Waals surface area contributed by atoms with Crippen LogP contribution in [0.4, 0.5) is 4.79 Å². The van der Waals surface area contributed by atoms with E-state index < -0.39 is 17.7 Å². The molecule has 2 atom stereocenters. The van der Waals surface area contributed by atoms with Crippen LogP contribution >= 0.6 is 24.0 Å². The third-order valence-electron chi connectivity index (χ3n) is 8.22. The highest BCUT2D eigenvalue weighted by molar-refractivity contribution is 7.99. The smallest absolute Gasteiger partial charge is 0.411 e. The Bertz CT molecular complexity index is 973. The van der Waals surface area contributed by atoms with Gasteiger partial charge in [0.2, 0.25) is 5.91 Å². The maximum absolute atomic E-state index is 13.5. The van der Waals surface area contributed by atoms with E-state index in [1.54, 1.807) is 16.7 Å². The van der Waals surface area contributed by atoms with Crippen molar-refractivity contribution >= 4 is 41.0 Å². The molecule has 9 heteroatoms. The van der Waals surface area contributed by atoms with Gasteiger partial charge < -0.3 is 15.4 Å². The third-order valence-corrected chi connectivity index (χ3v) is 9.63. The minimum atomic E-state index is -0.601. The molecule has 1 aliphatic carbocycles. The third kappa shape index (κ3) is 9.62. The van der Waals surface area contributed by atoms with Crippen molar-refractivity contribution in [1.82, 2.24) is 20.4 Å². The number of carbonyl (C=O) groups excluding carboxylic acids is 2. The highest BCUT2D eigenvalue weighted by Crippen LogP contribution is 2.28. The van der Waals surface area contributed by atoms with Crippen molar-refractivity contribution in [3.8, 4) is 0 Å². The maximum atomic E-state index is 13.5. The zero-order chi connectivity index (χ0) is 28.5. The average molecular weight is 589 g/mol. The van der Waals surface area contributed by atoms with Gasteiger partial charge in [-0.15, -0.1) is 11.8 Å². The minimum Gasteiger partial charge on any atom is -0.444 e. The number of hydrogen-bond donors (Lipinski definition) is 2. The average Bonchev–Trinajstić information content (AvgIpc) is 3.43. The van der Waals surface area contributed by atoms with Gasteiger partial charge in [0, 0.05) is 31.4 Å². The van der Waals surface area contributed by atoms with Crippen molar-refractivity contribution in [2.24, 2.45) is 5.92 Å². The molecule has 2 N–H and O–H groups in total. The van der Waals surface area contributed by atoms with Crippen molar-refractivity contribution in [3.63, 3.8) is 0 Å². The van der Waals surface area contributed by atoms with Crippen LogP contribution in [0.3, 0.4) is 0 Å². The Labute approximate surface area is 250 Å². The van der Waals surface area contributed by atoms with Crippen LogP contribution in [0.2, 0.25) is 0 Å². The molecule has 3 aliphatic rings. The first-order valence-corrected chi connectivity index (χ1v) is 16.7. The molecule has 2 aliphatic heterocycles. The van der Waals surface area contributed by atoms with E-state index >= 15 is 0 Å². The second kappa shape index (κ2) is 14.9. The van der Waals surface area contributed by atoms with Crippen LogP contribution in [0, 0.1) is 5.92 Å². The summed E-state index contributed by atoms with van der Waals surface area (Å²) in [5.74, 6) is 1.61. The molecule has 1 aromatic rings. The first-order valence-electron chi connectivity index (χ1n) is 15.1. The summed E-state index contributed by atoms with van der Waals surface area (Å²) < 4.78 is 5.58. The fourth-order valence-electron chi connectivity index (χ4n) is 5.95. The van der Waals surface area contributed by atoms with Gasteiger partial charge in [-0.1, -0.05) is 74.7 Å². The van der Waals surface area contributed by atoms with Gasteiger partial charge in [0.1, 0.15) is 11.6 Å². The van der Waals surface area contributed by atoms with E-state index in [0.717, 1.165) is 50.3 Å². The molecule has 222 valence electrons. The number of nitrogens with one attached hydrogen (secondary N) is 2. The Morgan fingerprint density at radius 2 is 1.77 bits per heavy atom. The van der Waals surface area contributed by atoms with Crippen LogP contribution in [-0.4, -0.2) is 75.2 Å². The van der Waals surface area contributed by atoms with Gasteiger partial charge in [0.25, 0.3) is 0 Å². The molecule has 2 saturated heterocycles. The summed E-state index contributed by atoms with van der Waals surface area (Å²) in [6.45, 7) is 8.57. The number of hydrogen-bond acceptors (Lipinski definition) is 6. The van der Waals surface area contributed by atoms with Crippen molar-refractivity contribution < 1.29 is 14.3 Å². The molecule has 0 spiro atoms. The van der Waals surface area contributed by atoms with Gasteiger partial charge in [-0.25, -0.2) is 4.79 Å². The summed E-state index contributed by atoms with van der Waals surface area (Å²) in [6, 6.07) is 10.2. The largest absolute Gasteiger partial charge is 0.444 e. The maximum Gasteiger partial charge on any atom is 0.411 e. The first-order chi connectivity index (χ1) is 19.2. The van der Waals surface area contributed by atoms with Crippen LogP contribution in [0.15, 0.2) is 30.3 Å². The molecule has 2 amide bonds. The zero-order valence-corrected chi connectivity index (χ0v) is 26.2. The lowest BCUT2D eigenvalue weighted by Crippen LogP contribution is -2.55. The second-order valence-electron chi connectivity index (χ2n) is 12.7. The van der Waals surface area contributed by atoms with Gasteiger partial charge in [-0.05, 0) is 57.9 Å². The molecular formula is C31H48N4O3S2. The lowest BCUT2D eigenvalue weighted by Gasteiger charge is -2.35. The summed E-state index contributed by atoms with van der Waals surface area (Å²) in [5.41, 5.74) is 0.746. The Kier molecular flexibility index (Phi) is 11.6. The number of amides is 2. The standard InChI is InChI=1S/C31H48N4O3S2/c1-31(2,3)38-30(37)35-22-40-21-27(35)28(36)33-26(15-14-23-10-6-4-7-11-23)29(39)32-25-16-18-34(19-17-25)20-24-12-8-5-9-13-24/h5,8-9,12-13,23,25-27H,4,6-7,10-11,14-22H2,1-3H3,(H,32,39)(H,33,36)/t26-,27-/m0/s1. The number of nitrogens with zero attached hydrogens (tertiary/aromatic N) is 2. The second-order valence-corrected chi connectivity index (χ2v) is 14.1. The topological polar surface area (TPSA) is 73.9 Å². The summed E-state index contributed by atoms with van der Waals surface area (Å²) in [5, 5.41) is 6.89. The molecule has 1 saturated carbocycles. The number of carbonyl (C=O) groups is 2. The van der Waals surface area contributed by atoms with Crippen LogP contribution in [0.5, 0.6) is 0 Å². The highest BCUT2D eigenvalue weighted by atomic mass is 32.2. The van der Waals surface area contributed by atoms with Gasteiger partial charge >= 0.3 is 6.09 Å². The quantitative estimate of drug-likeness (QED) is 0.357. The van der Waals surface area contributed by atoms with Gasteiger partial charge in [0.05, 0.1) is 16.9 Å². The number of piperidine rings is 1. The monoisotopic (exact) mass is 588 g/mol. The number of ether oxygens (including phenoxy) is 1. The fraction of sp³-hybridized carbons (Fsp3) is 0.710. The zero-order valence-electron chi connectivity index (χ0n) is 24.5. The summed E-state index contributed by atoms with van der Waals surface area (Å²) in [7, 11) is 0. The molecule has 4 rings (SSSR count). The van der Waals surface area contributed by atoms with Crippen LogP contribution in [0.1, 0.15) is 84.1 Å². The lowest BCUT2D eigenvalue weighted by atomic mass is 9.85. The Hall–Kier alpha value is -1.84. The Morgan fingerprint density at radius 3 is 2.45 bits per heavy atom. The van der Waals surface area contributed by atoms with Gasteiger partial charge in [-0.3, -0.25) is 14.6 Å². The van der Waals surface area contributed by atoms with E-state index in [0.29, 0.717) is 23.6 Å². The number of likely N-dealkylation sites (tertiary alicyclic amines) is 1. The van der Waals surface area contributed by atoms with E-state index in [1.165, 1.54) is 37.7 Å². The van der Waals surface area contributed by atoms with Gasteiger partial charge in [0.15, 0.2) is 0 Å². The minimum absolute atomic E-state index is 0.133. The SMILES string of the molecule is CC(C)(C)OC(=O)N1CSC[C@H]1C(=O)N[C@@H](CCC1CCCCC1)C(=S)NC1CCN(Cc2ccccc2)CC1. The van der Waals surface area contributed by atoms with E-state index in [2.05, 4.69) is 45.9 Å². The predicted molar refractivity (Wildman–Crippen MR) is 167 cm³/mol. The van der Waals surface area contributed by atoms with E-state index in [-0.39, 0.29) is 11.9 Å². The molecule has 0 aromatic heterocycles. The molecule has 1 aromatic carbocycles. The highest BCUT2D eigenvalue weighted by Gasteiger charge is 2.38. The van der Waals surface area contributed by atoms with Crippen molar-refractivity contribution in [2.75, 3.05) is 24.7 Å². The number of thiocarbonyl (C=S) groups is 1. The number of thioether (sulfide) groups is 1. The van der Waals surface area contributed by atoms with Crippen molar-refractivity contribution in [2.45, 2.75) is 109 Å². The van der Waals surface area contributed by atoms with Crippen molar-refractivity contribution in [1.29, 1.82) is 0 Å². The van der Waals surface area contributed by atoms with Crippen LogP contribution < -0.4 is 10.6 Å². The van der Waals surface area contributed by atoms with E-state index in [1.807, 2.05) is 20.8 Å². The van der Waals surface area contributed by atoms with E-state index in [4.69, 9.17) is 17.0 Å². The molecule has 2 heterocycles. The number of rotatable bonds is 9. The first kappa shape index (κ1) is 31.1. The van der Waals surface area contributed by atoms with Crippen LogP contribution in [-0.2, 0) is 16.1 Å². The van der Waals surface area contributed by atoms with Crippen molar-refractivity contribution in [3.05, 3.63) is 35.9 Å². The van der Waals surface area contributed by atoms with Crippen LogP contribution in [0.25, 0.3) is 0 Å². The summed E-state index contributed by atoms with van der Waals surface area (Å²) in [6.07, 6.45) is 10.0. The molecular weight excluding hydrogens is 541 g/mol.